The Bertz CT molecular complexity index is 1440. The number of carbonyl (C=O) groups excluding carboxylic acids is 2. The molecule has 0 unspecified atom stereocenters. The topological polar surface area (TPSA) is 86.8 Å². The van der Waals surface area contributed by atoms with Gasteiger partial charge in [-0.05, 0) is 88.9 Å². The minimum absolute atomic E-state index is 0.0929. The van der Waals surface area contributed by atoms with Gasteiger partial charge in [-0.15, -0.1) is 0 Å². The molecule has 3 aromatic carbocycles. The van der Waals surface area contributed by atoms with Crippen molar-refractivity contribution < 1.29 is 18.0 Å². The van der Waals surface area contributed by atoms with Crippen LogP contribution in [0.2, 0.25) is 0 Å². The van der Waals surface area contributed by atoms with Crippen molar-refractivity contribution in [3.05, 3.63) is 95.1 Å². The van der Waals surface area contributed by atoms with Gasteiger partial charge in [-0.2, -0.15) is 0 Å². The first kappa shape index (κ1) is 30.9. The van der Waals surface area contributed by atoms with Crippen LogP contribution in [-0.4, -0.2) is 43.3 Å². The molecule has 0 aliphatic carbocycles. The number of carbonyl (C=O) groups is 2. The number of aryl methyl sites for hydroxylation is 3. The van der Waals surface area contributed by atoms with Crippen molar-refractivity contribution in [2.24, 2.45) is 0 Å². The van der Waals surface area contributed by atoms with E-state index in [4.69, 9.17) is 0 Å². The molecule has 0 bridgehead atoms. The SMILES string of the molecule is CC[C@@H](C(=O)NC(C)(C)C)N(Cc1ccccc1C)C(=O)CN(c1cccc(C)c1)S(=O)(=O)c1ccc(C)cc1. The van der Waals surface area contributed by atoms with Gasteiger partial charge >= 0.3 is 0 Å². The highest BCUT2D eigenvalue weighted by molar-refractivity contribution is 7.92. The molecule has 0 saturated heterocycles. The van der Waals surface area contributed by atoms with Crippen molar-refractivity contribution in [3.8, 4) is 0 Å². The first-order chi connectivity index (χ1) is 18.7. The van der Waals surface area contributed by atoms with Crippen LogP contribution in [0, 0.1) is 20.8 Å². The Labute approximate surface area is 239 Å². The molecule has 0 aliphatic heterocycles. The largest absolute Gasteiger partial charge is 0.350 e. The smallest absolute Gasteiger partial charge is 0.264 e. The van der Waals surface area contributed by atoms with Crippen LogP contribution >= 0.6 is 0 Å². The Hall–Kier alpha value is -3.65. The molecular formula is C32H41N3O4S. The van der Waals surface area contributed by atoms with Gasteiger partial charge in [0.25, 0.3) is 10.0 Å². The highest BCUT2D eigenvalue weighted by Crippen LogP contribution is 2.26. The highest BCUT2D eigenvalue weighted by atomic mass is 32.2. The van der Waals surface area contributed by atoms with Gasteiger partial charge in [0.15, 0.2) is 0 Å². The molecule has 8 heteroatoms. The quantitative estimate of drug-likeness (QED) is 0.352. The lowest BCUT2D eigenvalue weighted by atomic mass is 10.0. The van der Waals surface area contributed by atoms with Crippen molar-refractivity contribution >= 4 is 27.5 Å². The number of amides is 2. The lowest BCUT2D eigenvalue weighted by Gasteiger charge is -2.35. The zero-order valence-corrected chi connectivity index (χ0v) is 25.4. The second-order valence-corrected chi connectivity index (χ2v) is 13.1. The summed E-state index contributed by atoms with van der Waals surface area (Å²) < 4.78 is 29.1. The van der Waals surface area contributed by atoms with Crippen LogP contribution in [0.4, 0.5) is 5.69 Å². The van der Waals surface area contributed by atoms with Crippen LogP contribution < -0.4 is 9.62 Å². The Morgan fingerprint density at radius 1 is 0.875 bits per heavy atom. The molecule has 0 fully saturated rings. The number of hydrogen-bond acceptors (Lipinski definition) is 4. The molecule has 0 aliphatic rings. The summed E-state index contributed by atoms with van der Waals surface area (Å²) in [5, 5.41) is 3.00. The Kier molecular flexibility index (Phi) is 9.79. The molecule has 0 saturated carbocycles. The minimum atomic E-state index is -4.09. The fourth-order valence-electron chi connectivity index (χ4n) is 4.49. The predicted octanol–water partition coefficient (Wildman–Crippen LogP) is 5.53. The third kappa shape index (κ3) is 7.72. The molecule has 3 rings (SSSR count). The second-order valence-electron chi connectivity index (χ2n) is 11.3. The summed E-state index contributed by atoms with van der Waals surface area (Å²) in [5.74, 6) is -0.739. The first-order valence-corrected chi connectivity index (χ1v) is 15.0. The monoisotopic (exact) mass is 563 g/mol. The first-order valence-electron chi connectivity index (χ1n) is 13.5. The maximum absolute atomic E-state index is 14.2. The van der Waals surface area contributed by atoms with Gasteiger partial charge in [0.2, 0.25) is 11.8 Å². The van der Waals surface area contributed by atoms with Gasteiger partial charge in [0.05, 0.1) is 10.6 Å². The zero-order valence-electron chi connectivity index (χ0n) is 24.6. The van der Waals surface area contributed by atoms with Crippen molar-refractivity contribution in [3.63, 3.8) is 0 Å². The van der Waals surface area contributed by atoms with Crippen molar-refractivity contribution in [1.29, 1.82) is 0 Å². The summed E-state index contributed by atoms with van der Waals surface area (Å²) in [6, 6.07) is 20.5. The van der Waals surface area contributed by atoms with Crippen LogP contribution in [0.3, 0.4) is 0 Å². The van der Waals surface area contributed by atoms with E-state index in [2.05, 4.69) is 5.32 Å². The second kappa shape index (κ2) is 12.7. The molecule has 0 radical (unpaired) electrons. The number of rotatable bonds is 10. The summed E-state index contributed by atoms with van der Waals surface area (Å²) in [6.45, 7) is 12.9. The van der Waals surface area contributed by atoms with E-state index in [0.29, 0.717) is 12.1 Å². The maximum atomic E-state index is 14.2. The molecule has 214 valence electrons. The summed E-state index contributed by atoms with van der Waals surface area (Å²) in [6.07, 6.45) is 0.370. The maximum Gasteiger partial charge on any atom is 0.264 e. The van der Waals surface area contributed by atoms with Crippen molar-refractivity contribution in [2.45, 2.75) is 77.9 Å². The molecule has 3 aromatic rings. The van der Waals surface area contributed by atoms with Crippen LogP contribution in [0.5, 0.6) is 0 Å². The summed E-state index contributed by atoms with van der Waals surface area (Å²) in [7, 11) is -4.09. The van der Waals surface area contributed by atoms with Crippen molar-refractivity contribution in [2.75, 3.05) is 10.8 Å². The third-order valence-electron chi connectivity index (χ3n) is 6.66. The summed E-state index contributed by atoms with van der Waals surface area (Å²) in [4.78, 5) is 29.2. The Balaban J connectivity index is 2.09. The van der Waals surface area contributed by atoms with Crippen molar-refractivity contribution in [1.82, 2.24) is 10.2 Å². The molecule has 7 nitrogen and oxygen atoms in total. The van der Waals surface area contributed by atoms with E-state index in [1.165, 1.54) is 4.90 Å². The molecule has 0 spiro atoms. The van der Waals surface area contributed by atoms with E-state index < -0.39 is 34.1 Å². The van der Waals surface area contributed by atoms with Gasteiger partial charge < -0.3 is 10.2 Å². The van der Waals surface area contributed by atoms with Gasteiger partial charge in [-0.25, -0.2) is 8.42 Å². The van der Waals surface area contributed by atoms with E-state index in [9.17, 15) is 18.0 Å². The highest BCUT2D eigenvalue weighted by Gasteiger charge is 2.34. The summed E-state index contributed by atoms with van der Waals surface area (Å²) >= 11 is 0. The van der Waals surface area contributed by atoms with Gasteiger partial charge in [-0.1, -0.05) is 61.0 Å². The molecular weight excluding hydrogens is 522 g/mol. The van der Waals surface area contributed by atoms with E-state index in [0.717, 1.165) is 26.6 Å². The molecule has 1 N–H and O–H groups in total. The number of benzene rings is 3. The van der Waals surface area contributed by atoms with Crippen LogP contribution in [0.25, 0.3) is 0 Å². The zero-order chi connectivity index (χ0) is 29.7. The number of nitrogens with one attached hydrogen (secondary N) is 1. The average molecular weight is 564 g/mol. The third-order valence-corrected chi connectivity index (χ3v) is 8.45. The average Bonchev–Trinajstić information content (AvgIpc) is 2.87. The Morgan fingerprint density at radius 3 is 2.10 bits per heavy atom. The van der Waals surface area contributed by atoms with E-state index in [1.807, 2.05) is 78.8 Å². The van der Waals surface area contributed by atoms with Gasteiger partial charge in [-0.3, -0.25) is 13.9 Å². The van der Waals surface area contributed by atoms with Crippen LogP contribution in [0.1, 0.15) is 56.4 Å². The number of nitrogens with zero attached hydrogens (tertiary/aromatic N) is 2. The van der Waals surface area contributed by atoms with E-state index in [1.54, 1.807) is 42.5 Å². The van der Waals surface area contributed by atoms with Gasteiger partial charge in [0, 0.05) is 12.1 Å². The molecule has 40 heavy (non-hydrogen) atoms. The molecule has 0 heterocycles. The lowest BCUT2D eigenvalue weighted by molar-refractivity contribution is -0.141. The number of anilines is 1. The van der Waals surface area contributed by atoms with Crippen LogP contribution in [0.15, 0.2) is 77.7 Å². The predicted molar refractivity (Wildman–Crippen MR) is 161 cm³/mol. The number of sulfonamides is 1. The van der Waals surface area contributed by atoms with Crippen LogP contribution in [-0.2, 0) is 26.2 Å². The fourth-order valence-corrected chi connectivity index (χ4v) is 5.90. The molecule has 2 amide bonds. The number of hydrogen-bond donors (Lipinski definition) is 1. The molecule has 0 aromatic heterocycles. The molecule has 1 atom stereocenters. The fraction of sp³-hybridized carbons (Fsp3) is 0.375. The van der Waals surface area contributed by atoms with E-state index >= 15 is 0 Å². The normalized spacial score (nSPS) is 12.5. The minimum Gasteiger partial charge on any atom is -0.350 e. The summed E-state index contributed by atoms with van der Waals surface area (Å²) in [5.41, 5.74) is 3.55. The Morgan fingerprint density at radius 2 is 1.52 bits per heavy atom. The van der Waals surface area contributed by atoms with Gasteiger partial charge in [0.1, 0.15) is 12.6 Å². The standard InChI is InChI=1S/C32H41N3O4S/c1-8-29(31(37)33-32(5,6)7)34(21-26-14-10-9-13-25(26)4)30(36)22-35(27-15-11-12-24(3)20-27)40(38,39)28-18-16-23(2)17-19-28/h9-20,29H,8,21-22H2,1-7H3,(H,33,37)/t29-/m0/s1. The lowest BCUT2D eigenvalue weighted by Crippen LogP contribution is -2.55. The van der Waals surface area contributed by atoms with E-state index in [-0.39, 0.29) is 17.3 Å².